The molecule has 1 aliphatic rings. The average Bonchev–Trinajstić information content (AvgIpc) is 2.51. The van der Waals surface area contributed by atoms with Gasteiger partial charge in [0.1, 0.15) is 0 Å². The summed E-state index contributed by atoms with van der Waals surface area (Å²) in [5.74, 6) is -0.662. The van der Waals surface area contributed by atoms with Crippen LogP contribution in [-0.4, -0.2) is 13.1 Å². The second-order valence-corrected chi connectivity index (χ2v) is 4.10. The minimum atomic E-state index is -0.243. The maximum absolute atomic E-state index is 12.6. The van der Waals surface area contributed by atoms with Gasteiger partial charge < -0.3 is 4.74 Å². The molecule has 1 unspecified atom stereocenters. The van der Waals surface area contributed by atoms with E-state index >= 15 is 0 Å². The molecule has 0 aromatic carbocycles. The molecule has 0 aromatic heterocycles. The summed E-state index contributed by atoms with van der Waals surface area (Å²) >= 11 is 0. The highest BCUT2D eigenvalue weighted by atomic mass is 19.1. The van der Waals surface area contributed by atoms with Crippen molar-refractivity contribution in [2.24, 2.45) is 17.3 Å². The molecule has 0 bridgehead atoms. The number of halogens is 1. The number of hydrogen-bond donors (Lipinski definition) is 0. The van der Waals surface area contributed by atoms with Crippen LogP contribution in [0.4, 0.5) is 4.39 Å². The predicted molar refractivity (Wildman–Crippen MR) is 47.6 cm³/mol. The standard InChI is InChI=1S/C10H15FO2/c1-6(11)5-7-8(9(12)13-4)10(7,2)3/h5,7-8H,1-4H3/b6-5-/t7?,8-/m0/s1. The molecule has 1 fully saturated rings. The van der Waals surface area contributed by atoms with Crippen LogP contribution in [0.25, 0.3) is 0 Å². The van der Waals surface area contributed by atoms with Gasteiger partial charge in [0.05, 0.1) is 18.9 Å². The molecule has 0 radical (unpaired) electrons. The van der Waals surface area contributed by atoms with Crippen LogP contribution in [-0.2, 0) is 9.53 Å². The van der Waals surface area contributed by atoms with E-state index in [2.05, 4.69) is 4.74 Å². The molecule has 13 heavy (non-hydrogen) atoms. The van der Waals surface area contributed by atoms with E-state index in [1.807, 2.05) is 13.8 Å². The first-order valence-corrected chi connectivity index (χ1v) is 4.33. The smallest absolute Gasteiger partial charge is 0.309 e. The van der Waals surface area contributed by atoms with Crippen LogP contribution in [0.3, 0.4) is 0 Å². The highest BCUT2D eigenvalue weighted by Crippen LogP contribution is 2.59. The maximum Gasteiger partial charge on any atom is 0.309 e. The summed E-state index contributed by atoms with van der Waals surface area (Å²) < 4.78 is 17.2. The second-order valence-electron chi connectivity index (χ2n) is 4.10. The Morgan fingerprint density at radius 3 is 2.46 bits per heavy atom. The summed E-state index contributed by atoms with van der Waals surface area (Å²) in [4.78, 5) is 11.2. The first kappa shape index (κ1) is 10.2. The zero-order chi connectivity index (χ0) is 10.2. The number of carbonyl (C=O) groups is 1. The molecule has 0 spiro atoms. The number of hydrogen-bond acceptors (Lipinski definition) is 2. The topological polar surface area (TPSA) is 26.3 Å². The Hall–Kier alpha value is -0.860. The minimum absolute atomic E-state index is 0.00931. The number of rotatable bonds is 2. The Labute approximate surface area is 77.8 Å². The van der Waals surface area contributed by atoms with E-state index in [0.717, 1.165) is 0 Å². The van der Waals surface area contributed by atoms with Crippen LogP contribution in [0.1, 0.15) is 20.8 Å². The highest BCUT2D eigenvalue weighted by molar-refractivity contribution is 5.78. The van der Waals surface area contributed by atoms with Crippen molar-refractivity contribution < 1.29 is 13.9 Å². The third kappa shape index (κ3) is 1.74. The third-order valence-electron chi connectivity index (χ3n) is 2.78. The van der Waals surface area contributed by atoms with Gasteiger partial charge in [-0.05, 0) is 24.3 Å². The van der Waals surface area contributed by atoms with Crippen LogP contribution in [0, 0.1) is 17.3 Å². The number of carbonyl (C=O) groups excluding carboxylic acids is 1. The van der Waals surface area contributed by atoms with Crippen molar-refractivity contribution in [2.75, 3.05) is 7.11 Å². The molecule has 0 amide bonds. The van der Waals surface area contributed by atoms with Crippen molar-refractivity contribution in [1.29, 1.82) is 0 Å². The van der Waals surface area contributed by atoms with E-state index in [0.29, 0.717) is 0 Å². The van der Waals surface area contributed by atoms with Crippen LogP contribution < -0.4 is 0 Å². The normalized spacial score (nSPS) is 31.3. The summed E-state index contributed by atoms with van der Waals surface area (Å²) in [6.45, 7) is 5.28. The summed E-state index contributed by atoms with van der Waals surface area (Å²) in [6.07, 6.45) is 1.50. The molecule has 1 saturated carbocycles. The molecule has 0 aliphatic heterocycles. The van der Waals surface area contributed by atoms with E-state index in [-0.39, 0.29) is 29.0 Å². The number of esters is 1. The molecule has 0 saturated heterocycles. The highest BCUT2D eigenvalue weighted by Gasteiger charge is 2.61. The van der Waals surface area contributed by atoms with E-state index < -0.39 is 0 Å². The summed E-state index contributed by atoms with van der Waals surface area (Å²) in [6, 6.07) is 0. The van der Waals surface area contributed by atoms with Crippen LogP contribution in [0.15, 0.2) is 11.9 Å². The van der Waals surface area contributed by atoms with Crippen molar-refractivity contribution in [3.05, 3.63) is 11.9 Å². The van der Waals surface area contributed by atoms with E-state index in [1.54, 1.807) is 0 Å². The second kappa shape index (κ2) is 3.13. The Morgan fingerprint density at radius 2 is 2.08 bits per heavy atom. The van der Waals surface area contributed by atoms with Crippen molar-refractivity contribution in [3.8, 4) is 0 Å². The van der Waals surface area contributed by atoms with E-state index in [1.165, 1.54) is 20.1 Å². The monoisotopic (exact) mass is 186 g/mol. The largest absolute Gasteiger partial charge is 0.469 e. The first-order chi connectivity index (χ1) is 5.91. The minimum Gasteiger partial charge on any atom is -0.469 e. The van der Waals surface area contributed by atoms with Crippen LogP contribution in [0.5, 0.6) is 0 Å². The van der Waals surface area contributed by atoms with Crippen LogP contribution in [0.2, 0.25) is 0 Å². The molecular formula is C10H15FO2. The summed E-state index contributed by atoms with van der Waals surface area (Å²) in [7, 11) is 1.36. The lowest BCUT2D eigenvalue weighted by atomic mass is 10.1. The zero-order valence-electron chi connectivity index (χ0n) is 8.43. The third-order valence-corrected chi connectivity index (χ3v) is 2.78. The van der Waals surface area contributed by atoms with Gasteiger partial charge in [0.25, 0.3) is 0 Å². The Balaban J connectivity index is 2.72. The molecule has 3 heteroatoms. The van der Waals surface area contributed by atoms with Gasteiger partial charge in [0.2, 0.25) is 0 Å². The predicted octanol–water partition coefficient (Wildman–Crippen LogP) is 2.30. The number of methoxy groups -OCH3 is 1. The zero-order valence-corrected chi connectivity index (χ0v) is 8.43. The molecule has 2 nitrogen and oxygen atoms in total. The van der Waals surface area contributed by atoms with Crippen molar-refractivity contribution in [1.82, 2.24) is 0 Å². The first-order valence-electron chi connectivity index (χ1n) is 4.33. The lowest BCUT2D eigenvalue weighted by Crippen LogP contribution is -2.07. The summed E-state index contributed by atoms with van der Waals surface area (Å²) in [5.41, 5.74) is -0.152. The Morgan fingerprint density at radius 1 is 1.54 bits per heavy atom. The van der Waals surface area contributed by atoms with Crippen molar-refractivity contribution in [3.63, 3.8) is 0 Å². The van der Waals surface area contributed by atoms with Gasteiger partial charge in [-0.15, -0.1) is 0 Å². The fourth-order valence-corrected chi connectivity index (χ4v) is 1.81. The molecule has 0 N–H and O–H groups in total. The molecule has 1 aliphatic carbocycles. The molecule has 0 aromatic rings. The molecule has 0 heterocycles. The summed E-state index contributed by atoms with van der Waals surface area (Å²) in [5, 5.41) is 0. The van der Waals surface area contributed by atoms with Gasteiger partial charge in [-0.3, -0.25) is 4.79 Å². The van der Waals surface area contributed by atoms with Crippen molar-refractivity contribution >= 4 is 5.97 Å². The van der Waals surface area contributed by atoms with Gasteiger partial charge in [0, 0.05) is 0 Å². The van der Waals surface area contributed by atoms with Gasteiger partial charge in [-0.25, -0.2) is 4.39 Å². The Kier molecular flexibility index (Phi) is 2.46. The lowest BCUT2D eigenvalue weighted by molar-refractivity contribution is -0.143. The lowest BCUT2D eigenvalue weighted by Gasteiger charge is -1.98. The molecule has 74 valence electrons. The quantitative estimate of drug-likeness (QED) is 0.618. The molecular weight excluding hydrogens is 171 g/mol. The molecule has 2 atom stereocenters. The Bertz CT molecular complexity index is 252. The fourth-order valence-electron chi connectivity index (χ4n) is 1.81. The van der Waals surface area contributed by atoms with Gasteiger partial charge in [-0.1, -0.05) is 13.8 Å². The SMILES string of the molecule is COC(=O)[C@@H]1C(/C=C(/C)F)C1(C)C. The van der Waals surface area contributed by atoms with E-state index in [4.69, 9.17) is 0 Å². The van der Waals surface area contributed by atoms with Gasteiger partial charge >= 0.3 is 5.97 Å². The van der Waals surface area contributed by atoms with Crippen LogP contribution >= 0.6 is 0 Å². The van der Waals surface area contributed by atoms with E-state index in [9.17, 15) is 9.18 Å². The maximum atomic E-state index is 12.6. The molecule has 1 rings (SSSR count). The van der Waals surface area contributed by atoms with Gasteiger partial charge in [-0.2, -0.15) is 0 Å². The fraction of sp³-hybridized carbons (Fsp3) is 0.700. The average molecular weight is 186 g/mol. The van der Waals surface area contributed by atoms with Crippen molar-refractivity contribution in [2.45, 2.75) is 20.8 Å². The number of ether oxygens (including phenoxy) is 1. The van der Waals surface area contributed by atoms with Gasteiger partial charge in [0.15, 0.2) is 0 Å². The number of allylic oxidation sites excluding steroid dienone is 2.